The maximum Gasteiger partial charge on any atom is 0.191 e. The van der Waals surface area contributed by atoms with E-state index in [1.165, 1.54) is 9.75 Å². The maximum atomic E-state index is 4.74. The van der Waals surface area contributed by atoms with E-state index in [0.717, 1.165) is 30.3 Å². The van der Waals surface area contributed by atoms with Crippen LogP contribution in [0.4, 0.5) is 0 Å². The second-order valence-corrected chi connectivity index (χ2v) is 7.03. The number of nitrogens with one attached hydrogen (secondary N) is 2. The zero-order chi connectivity index (χ0) is 17.5. The number of aromatic nitrogens is 2. The lowest BCUT2D eigenvalue weighted by molar-refractivity contribution is 0.822. The predicted molar refractivity (Wildman–Crippen MR) is 120 cm³/mol. The summed E-state index contributed by atoms with van der Waals surface area (Å²) in [5.41, 5.74) is 2.26. The summed E-state index contributed by atoms with van der Waals surface area (Å²) in [6, 6.07) is 12.6. The molecule has 3 rings (SSSR count). The van der Waals surface area contributed by atoms with Crippen LogP contribution in [0.15, 0.2) is 60.1 Å². The molecule has 0 atom stereocenters. The minimum absolute atomic E-state index is 0. The third kappa shape index (κ3) is 5.57. The molecular weight excluding hydrogens is 457 g/mol. The Labute approximate surface area is 175 Å². The molecule has 2 N–H and O–H groups in total. The monoisotopic (exact) mass is 481 g/mol. The molecule has 0 aliphatic carbocycles. The number of guanidine groups is 1. The van der Waals surface area contributed by atoms with Crippen LogP contribution < -0.4 is 10.6 Å². The van der Waals surface area contributed by atoms with Gasteiger partial charge in [-0.25, -0.2) is 9.98 Å². The fraction of sp³-hybridized carbons (Fsp3) is 0.263. The number of aliphatic imine (C=N–C) groups is 1. The van der Waals surface area contributed by atoms with Crippen LogP contribution in [0, 0.1) is 6.92 Å². The van der Waals surface area contributed by atoms with Crippen molar-refractivity contribution < 1.29 is 0 Å². The quantitative estimate of drug-likeness (QED) is 0.317. The predicted octanol–water partition coefficient (Wildman–Crippen LogP) is 4.12. The Balaban J connectivity index is 0.00000243. The topological polar surface area (TPSA) is 54.2 Å². The molecule has 0 amide bonds. The second kappa shape index (κ2) is 10.3. The van der Waals surface area contributed by atoms with Crippen molar-refractivity contribution in [1.29, 1.82) is 0 Å². The minimum Gasteiger partial charge on any atom is -0.357 e. The molecule has 0 fully saturated rings. The summed E-state index contributed by atoms with van der Waals surface area (Å²) >= 11 is 1.81. The summed E-state index contributed by atoms with van der Waals surface area (Å²) in [5.74, 6) is 0.828. The van der Waals surface area contributed by atoms with Crippen molar-refractivity contribution in [2.24, 2.45) is 4.99 Å². The largest absolute Gasteiger partial charge is 0.357 e. The standard InChI is InChI=1S/C19H23N5S.HI/c1-3-21-19(23-13-17-9-8-15(2)25-17)22-12-16-6-4-5-7-18(16)24-11-10-20-14-24;/h4-11,14H,3,12-13H2,1-2H3,(H2,21,22,23);1H. The van der Waals surface area contributed by atoms with Crippen LogP contribution in [-0.4, -0.2) is 22.1 Å². The molecule has 3 aromatic rings. The number of rotatable bonds is 6. The molecule has 0 saturated heterocycles. The third-order valence-electron chi connectivity index (χ3n) is 3.75. The van der Waals surface area contributed by atoms with Crippen LogP contribution >= 0.6 is 35.3 Å². The number of hydrogen-bond acceptors (Lipinski definition) is 3. The zero-order valence-electron chi connectivity index (χ0n) is 15.0. The molecule has 5 nitrogen and oxygen atoms in total. The van der Waals surface area contributed by atoms with Gasteiger partial charge in [-0.2, -0.15) is 0 Å². The summed E-state index contributed by atoms with van der Waals surface area (Å²) in [6.07, 6.45) is 5.55. The molecule has 1 aromatic carbocycles. The van der Waals surface area contributed by atoms with Gasteiger partial charge in [-0.15, -0.1) is 35.3 Å². The molecule has 26 heavy (non-hydrogen) atoms. The number of thiophene rings is 1. The van der Waals surface area contributed by atoms with Crippen molar-refractivity contribution in [3.63, 3.8) is 0 Å². The lowest BCUT2D eigenvalue weighted by atomic mass is 10.2. The fourth-order valence-electron chi connectivity index (χ4n) is 2.55. The van der Waals surface area contributed by atoms with E-state index in [4.69, 9.17) is 4.99 Å². The van der Waals surface area contributed by atoms with Crippen LogP contribution in [0.3, 0.4) is 0 Å². The molecule has 0 spiro atoms. The number of imidazole rings is 1. The third-order valence-corrected chi connectivity index (χ3v) is 4.75. The van der Waals surface area contributed by atoms with Crippen LogP contribution in [0.5, 0.6) is 0 Å². The molecule has 0 saturated carbocycles. The average Bonchev–Trinajstić information content (AvgIpc) is 3.29. The van der Waals surface area contributed by atoms with Gasteiger partial charge in [-0.1, -0.05) is 18.2 Å². The van der Waals surface area contributed by atoms with Gasteiger partial charge < -0.3 is 15.2 Å². The summed E-state index contributed by atoms with van der Waals surface area (Å²) in [7, 11) is 0. The zero-order valence-corrected chi connectivity index (χ0v) is 18.1. The number of hydrogen-bond donors (Lipinski definition) is 2. The van der Waals surface area contributed by atoms with Crippen molar-refractivity contribution in [3.05, 3.63) is 70.4 Å². The van der Waals surface area contributed by atoms with Crippen LogP contribution in [0.2, 0.25) is 0 Å². The molecule has 2 heterocycles. The van der Waals surface area contributed by atoms with E-state index in [2.05, 4.69) is 53.7 Å². The van der Waals surface area contributed by atoms with Gasteiger partial charge in [0.1, 0.15) is 0 Å². The molecule has 0 unspecified atom stereocenters. The molecule has 0 aliphatic rings. The normalized spacial score (nSPS) is 11.1. The Kier molecular flexibility index (Phi) is 8.11. The molecule has 0 radical (unpaired) electrons. The number of para-hydroxylation sites is 1. The van der Waals surface area contributed by atoms with E-state index in [1.807, 2.05) is 40.6 Å². The smallest absolute Gasteiger partial charge is 0.191 e. The summed E-state index contributed by atoms with van der Waals surface area (Å²) < 4.78 is 2.01. The first-order valence-electron chi connectivity index (χ1n) is 8.40. The summed E-state index contributed by atoms with van der Waals surface area (Å²) in [6.45, 7) is 6.42. The van der Waals surface area contributed by atoms with Gasteiger partial charge >= 0.3 is 0 Å². The summed E-state index contributed by atoms with van der Waals surface area (Å²) in [5, 5.41) is 6.71. The highest BCUT2D eigenvalue weighted by atomic mass is 127. The van der Waals surface area contributed by atoms with E-state index >= 15 is 0 Å². The number of nitrogens with zero attached hydrogens (tertiary/aromatic N) is 3. The first-order chi connectivity index (χ1) is 12.3. The molecular formula is C19H24IN5S. The van der Waals surface area contributed by atoms with Crippen LogP contribution in [-0.2, 0) is 13.1 Å². The Hall–Kier alpha value is -1.87. The summed E-state index contributed by atoms with van der Waals surface area (Å²) in [4.78, 5) is 11.5. The van der Waals surface area contributed by atoms with Crippen molar-refractivity contribution in [1.82, 2.24) is 20.2 Å². The average molecular weight is 481 g/mol. The van der Waals surface area contributed by atoms with Gasteiger partial charge in [-0.3, -0.25) is 0 Å². The van der Waals surface area contributed by atoms with Gasteiger partial charge in [0.05, 0.1) is 25.1 Å². The highest BCUT2D eigenvalue weighted by molar-refractivity contribution is 14.0. The maximum absolute atomic E-state index is 4.74. The van der Waals surface area contributed by atoms with Crippen molar-refractivity contribution in [2.45, 2.75) is 26.9 Å². The van der Waals surface area contributed by atoms with E-state index in [9.17, 15) is 0 Å². The van der Waals surface area contributed by atoms with Crippen molar-refractivity contribution in [3.8, 4) is 5.69 Å². The second-order valence-electron chi connectivity index (χ2n) is 5.66. The highest BCUT2D eigenvalue weighted by Gasteiger charge is 2.05. The SMILES string of the molecule is CCNC(=NCc1ccccc1-n1ccnc1)NCc1ccc(C)s1.I. The molecule has 138 valence electrons. The molecule has 7 heteroatoms. The Bertz CT molecular complexity index is 826. The first-order valence-corrected chi connectivity index (χ1v) is 9.21. The fourth-order valence-corrected chi connectivity index (χ4v) is 3.39. The minimum atomic E-state index is 0. The van der Waals surface area contributed by atoms with Crippen molar-refractivity contribution >= 4 is 41.3 Å². The first kappa shape index (κ1) is 20.4. The van der Waals surface area contributed by atoms with Crippen LogP contribution in [0.1, 0.15) is 22.2 Å². The Morgan fingerprint density at radius 1 is 1.19 bits per heavy atom. The van der Waals surface area contributed by atoms with Gasteiger partial charge in [0.2, 0.25) is 0 Å². The molecule has 0 aliphatic heterocycles. The Morgan fingerprint density at radius 3 is 2.73 bits per heavy atom. The lowest BCUT2D eigenvalue weighted by Crippen LogP contribution is -2.36. The molecule has 0 bridgehead atoms. The van der Waals surface area contributed by atoms with E-state index in [0.29, 0.717) is 6.54 Å². The lowest BCUT2D eigenvalue weighted by Gasteiger charge is -2.12. The number of aryl methyl sites for hydroxylation is 1. The Morgan fingerprint density at radius 2 is 2.04 bits per heavy atom. The number of halogens is 1. The van der Waals surface area contributed by atoms with E-state index in [1.54, 1.807) is 6.20 Å². The highest BCUT2D eigenvalue weighted by Crippen LogP contribution is 2.16. The van der Waals surface area contributed by atoms with Crippen molar-refractivity contribution in [2.75, 3.05) is 6.54 Å². The van der Waals surface area contributed by atoms with Gasteiger partial charge in [0.25, 0.3) is 0 Å². The van der Waals surface area contributed by atoms with Gasteiger partial charge in [0, 0.05) is 28.7 Å². The van der Waals surface area contributed by atoms with Gasteiger partial charge in [0.15, 0.2) is 5.96 Å². The molecule has 2 aromatic heterocycles. The number of benzene rings is 1. The van der Waals surface area contributed by atoms with Crippen LogP contribution in [0.25, 0.3) is 5.69 Å². The van der Waals surface area contributed by atoms with Gasteiger partial charge in [-0.05, 0) is 37.6 Å². The van der Waals surface area contributed by atoms with E-state index in [-0.39, 0.29) is 24.0 Å². The van der Waals surface area contributed by atoms with E-state index < -0.39 is 0 Å².